The van der Waals surface area contributed by atoms with Gasteiger partial charge in [-0.3, -0.25) is 4.40 Å². The van der Waals surface area contributed by atoms with Gasteiger partial charge in [0.25, 0.3) is 10.2 Å². The molecule has 2 aromatic rings. The molecule has 0 bridgehead atoms. The second-order valence-electron chi connectivity index (χ2n) is 6.85. The van der Waals surface area contributed by atoms with Gasteiger partial charge in [-0.2, -0.15) is 17.0 Å². The number of hydrogen-bond donors (Lipinski definition) is 0. The summed E-state index contributed by atoms with van der Waals surface area (Å²) in [5, 5.41) is 8.47. The van der Waals surface area contributed by atoms with Crippen molar-refractivity contribution in [3.05, 3.63) is 30.2 Å². The van der Waals surface area contributed by atoms with Crippen LogP contribution in [0, 0.1) is 5.92 Å². The SMILES string of the molecule is CC1CCN(S(=O)(=O)N2CCC[C@H]2c2nnc3ccccn23)CC1. The molecule has 2 saturated heterocycles. The molecule has 2 aromatic heterocycles. The molecule has 2 aliphatic rings. The van der Waals surface area contributed by atoms with Gasteiger partial charge in [-0.05, 0) is 43.7 Å². The number of piperidine rings is 1. The van der Waals surface area contributed by atoms with Crippen LogP contribution in [0.4, 0.5) is 0 Å². The quantitative estimate of drug-likeness (QED) is 0.848. The summed E-state index contributed by atoms with van der Waals surface area (Å²) in [5.74, 6) is 1.32. The van der Waals surface area contributed by atoms with Crippen molar-refractivity contribution in [2.75, 3.05) is 19.6 Å². The molecule has 2 fully saturated rings. The molecule has 1 atom stereocenters. The summed E-state index contributed by atoms with van der Waals surface area (Å²) in [6.07, 6.45) is 5.42. The predicted octanol–water partition coefficient (Wildman–Crippen LogP) is 1.84. The van der Waals surface area contributed by atoms with E-state index in [0.29, 0.717) is 25.6 Å². The molecule has 24 heavy (non-hydrogen) atoms. The maximum atomic E-state index is 13.1. The van der Waals surface area contributed by atoms with Crippen molar-refractivity contribution >= 4 is 15.9 Å². The van der Waals surface area contributed by atoms with Gasteiger partial charge in [0.15, 0.2) is 11.5 Å². The van der Waals surface area contributed by atoms with Crippen LogP contribution in [-0.4, -0.2) is 51.3 Å². The lowest BCUT2D eigenvalue weighted by Crippen LogP contribution is -2.46. The highest BCUT2D eigenvalue weighted by atomic mass is 32.2. The van der Waals surface area contributed by atoms with Gasteiger partial charge in [0, 0.05) is 25.8 Å². The maximum Gasteiger partial charge on any atom is 0.282 e. The second-order valence-corrected chi connectivity index (χ2v) is 8.73. The Morgan fingerprint density at radius 2 is 1.88 bits per heavy atom. The highest BCUT2D eigenvalue weighted by Crippen LogP contribution is 2.35. The van der Waals surface area contributed by atoms with E-state index < -0.39 is 10.2 Å². The Morgan fingerprint density at radius 3 is 2.67 bits per heavy atom. The molecule has 0 radical (unpaired) electrons. The molecule has 8 heteroatoms. The van der Waals surface area contributed by atoms with Gasteiger partial charge in [-0.1, -0.05) is 13.0 Å². The molecular formula is C16H23N5O2S. The Bertz CT molecular complexity index is 826. The summed E-state index contributed by atoms with van der Waals surface area (Å²) in [5.41, 5.74) is 0.753. The van der Waals surface area contributed by atoms with Crippen LogP contribution in [0.15, 0.2) is 24.4 Å². The average Bonchev–Trinajstić information content (AvgIpc) is 3.22. The molecule has 0 aliphatic carbocycles. The van der Waals surface area contributed by atoms with Crippen molar-refractivity contribution in [1.82, 2.24) is 23.2 Å². The standard InChI is InChI=1S/C16H23N5O2S/c1-13-7-11-19(12-8-13)24(22,23)21-10-4-5-14(21)16-18-17-15-6-2-3-9-20(15)16/h2-3,6,9,13-14H,4-5,7-8,10-12H2,1H3/t14-/m0/s1. The predicted molar refractivity (Wildman–Crippen MR) is 90.6 cm³/mol. The van der Waals surface area contributed by atoms with Crippen LogP contribution in [0.25, 0.3) is 5.65 Å². The number of hydrogen-bond acceptors (Lipinski definition) is 4. The van der Waals surface area contributed by atoms with E-state index in [4.69, 9.17) is 0 Å². The molecular weight excluding hydrogens is 326 g/mol. The minimum atomic E-state index is -3.44. The smallest absolute Gasteiger partial charge is 0.282 e. The van der Waals surface area contributed by atoms with Gasteiger partial charge in [-0.25, -0.2) is 0 Å². The molecule has 0 saturated carbocycles. The number of nitrogens with zero attached hydrogens (tertiary/aromatic N) is 5. The first-order chi connectivity index (χ1) is 11.6. The summed E-state index contributed by atoms with van der Waals surface area (Å²) >= 11 is 0. The third kappa shape index (κ3) is 2.62. The summed E-state index contributed by atoms with van der Waals surface area (Å²) < 4.78 is 31.4. The lowest BCUT2D eigenvalue weighted by Gasteiger charge is -2.34. The second kappa shape index (κ2) is 6.09. The van der Waals surface area contributed by atoms with Crippen molar-refractivity contribution in [2.24, 2.45) is 5.92 Å². The zero-order valence-electron chi connectivity index (χ0n) is 13.9. The van der Waals surface area contributed by atoms with E-state index in [1.54, 1.807) is 8.61 Å². The van der Waals surface area contributed by atoms with E-state index in [1.807, 2.05) is 28.8 Å². The minimum absolute atomic E-state index is 0.230. The highest BCUT2D eigenvalue weighted by Gasteiger charge is 2.41. The van der Waals surface area contributed by atoms with Crippen LogP contribution >= 0.6 is 0 Å². The lowest BCUT2D eigenvalue weighted by molar-refractivity contribution is 0.258. The first-order valence-electron chi connectivity index (χ1n) is 8.64. The van der Waals surface area contributed by atoms with Crippen LogP contribution in [-0.2, 0) is 10.2 Å². The normalized spacial score (nSPS) is 24.8. The monoisotopic (exact) mass is 349 g/mol. The third-order valence-electron chi connectivity index (χ3n) is 5.21. The fourth-order valence-corrected chi connectivity index (χ4v) is 5.58. The Balaban J connectivity index is 1.65. The minimum Gasteiger partial charge on any atom is -0.285 e. The lowest BCUT2D eigenvalue weighted by atomic mass is 10.0. The Labute approximate surface area is 142 Å². The molecule has 4 rings (SSSR count). The fraction of sp³-hybridized carbons (Fsp3) is 0.625. The summed E-state index contributed by atoms with van der Waals surface area (Å²) in [7, 11) is -3.44. The summed E-state index contributed by atoms with van der Waals surface area (Å²) in [6, 6.07) is 5.48. The number of pyridine rings is 1. The van der Waals surface area contributed by atoms with E-state index in [1.165, 1.54) is 0 Å². The van der Waals surface area contributed by atoms with Gasteiger partial charge in [-0.15, -0.1) is 10.2 Å². The molecule has 0 amide bonds. The Morgan fingerprint density at radius 1 is 1.08 bits per heavy atom. The molecule has 130 valence electrons. The summed E-state index contributed by atoms with van der Waals surface area (Å²) in [6.45, 7) is 3.98. The van der Waals surface area contributed by atoms with Gasteiger partial charge in [0.05, 0.1) is 6.04 Å². The maximum absolute atomic E-state index is 13.1. The van der Waals surface area contributed by atoms with E-state index in [2.05, 4.69) is 17.1 Å². The molecule has 0 spiro atoms. The largest absolute Gasteiger partial charge is 0.285 e. The van der Waals surface area contributed by atoms with Gasteiger partial charge < -0.3 is 0 Å². The van der Waals surface area contributed by atoms with Crippen LogP contribution in [0.2, 0.25) is 0 Å². The van der Waals surface area contributed by atoms with Crippen molar-refractivity contribution in [3.8, 4) is 0 Å². The van der Waals surface area contributed by atoms with Crippen molar-refractivity contribution in [3.63, 3.8) is 0 Å². The van der Waals surface area contributed by atoms with E-state index >= 15 is 0 Å². The molecule has 0 aromatic carbocycles. The first-order valence-corrected chi connectivity index (χ1v) is 10.0. The molecule has 7 nitrogen and oxygen atoms in total. The molecule has 2 aliphatic heterocycles. The van der Waals surface area contributed by atoms with E-state index in [9.17, 15) is 8.42 Å². The van der Waals surface area contributed by atoms with Crippen molar-refractivity contribution in [1.29, 1.82) is 0 Å². The zero-order chi connectivity index (χ0) is 16.7. The van der Waals surface area contributed by atoms with Crippen LogP contribution < -0.4 is 0 Å². The van der Waals surface area contributed by atoms with E-state index in [-0.39, 0.29) is 6.04 Å². The van der Waals surface area contributed by atoms with Crippen molar-refractivity contribution < 1.29 is 8.42 Å². The van der Waals surface area contributed by atoms with Crippen LogP contribution in [0.5, 0.6) is 0 Å². The highest BCUT2D eigenvalue weighted by molar-refractivity contribution is 7.86. The molecule has 0 unspecified atom stereocenters. The number of fused-ring (bicyclic) bond motifs is 1. The number of aromatic nitrogens is 3. The number of rotatable bonds is 3. The fourth-order valence-electron chi connectivity index (χ4n) is 3.73. The first kappa shape index (κ1) is 16.0. The average molecular weight is 349 g/mol. The van der Waals surface area contributed by atoms with E-state index in [0.717, 1.165) is 37.2 Å². The third-order valence-corrected chi connectivity index (χ3v) is 7.25. The molecule has 4 heterocycles. The van der Waals surface area contributed by atoms with Gasteiger partial charge >= 0.3 is 0 Å². The molecule has 0 N–H and O–H groups in total. The topological polar surface area (TPSA) is 70.8 Å². The zero-order valence-corrected chi connectivity index (χ0v) is 14.7. The van der Waals surface area contributed by atoms with Crippen molar-refractivity contribution in [2.45, 2.75) is 38.6 Å². The van der Waals surface area contributed by atoms with Crippen LogP contribution in [0.3, 0.4) is 0 Å². The summed E-state index contributed by atoms with van der Waals surface area (Å²) in [4.78, 5) is 0. The van der Waals surface area contributed by atoms with Gasteiger partial charge in [0.1, 0.15) is 0 Å². The van der Waals surface area contributed by atoms with Gasteiger partial charge in [0.2, 0.25) is 0 Å². The Hall–Kier alpha value is -1.51. The van der Waals surface area contributed by atoms with Crippen LogP contribution in [0.1, 0.15) is 44.5 Å². The Kier molecular flexibility index (Phi) is 4.06.